The van der Waals surface area contributed by atoms with Gasteiger partial charge in [0.2, 0.25) is 5.91 Å². The van der Waals surface area contributed by atoms with Gasteiger partial charge in [0.15, 0.2) is 5.69 Å². The third-order valence-corrected chi connectivity index (χ3v) is 5.08. The Labute approximate surface area is 181 Å². The SMILES string of the molecule is COCCNC(=O)CCNC(=O)c1cc2n(n1)CCCN(Cc1ccc(C)cc1)C2=O. The maximum atomic E-state index is 13.0. The number of carbonyl (C=O) groups is 3. The molecule has 31 heavy (non-hydrogen) atoms. The fraction of sp³-hybridized carbons (Fsp3) is 0.455. The van der Waals surface area contributed by atoms with E-state index in [0.717, 1.165) is 12.0 Å². The van der Waals surface area contributed by atoms with Crippen LogP contribution < -0.4 is 10.6 Å². The number of amides is 3. The van der Waals surface area contributed by atoms with Crippen molar-refractivity contribution < 1.29 is 19.1 Å². The molecule has 3 rings (SSSR count). The Morgan fingerprint density at radius 2 is 1.90 bits per heavy atom. The van der Waals surface area contributed by atoms with Gasteiger partial charge in [-0.25, -0.2) is 0 Å². The van der Waals surface area contributed by atoms with Gasteiger partial charge in [-0.15, -0.1) is 0 Å². The lowest BCUT2D eigenvalue weighted by Gasteiger charge is -2.20. The van der Waals surface area contributed by atoms with E-state index < -0.39 is 5.91 Å². The second-order valence-corrected chi connectivity index (χ2v) is 7.55. The monoisotopic (exact) mass is 427 g/mol. The van der Waals surface area contributed by atoms with Crippen LogP contribution in [-0.2, 0) is 22.6 Å². The predicted molar refractivity (Wildman–Crippen MR) is 115 cm³/mol. The quantitative estimate of drug-likeness (QED) is 0.584. The van der Waals surface area contributed by atoms with Crippen LogP contribution in [0.15, 0.2) is 30.3 Å². The van der Waals surface area contributed by atoms with Gasteiger partial charge in [-0.3, -0.25) is 19.1 Å². The van der Waals surface area contributed by atoms with Crippen LogP contribution in [0.4, 0.5) is 0 Å². The summed E-state index contributed by atoms with van der Waals surface area (Å²) in [5.74, 6) is -0.704. The van der Waals surface area contributed by atoms with Gasteiger partial charge in [-0.1, -0.05) is 29.8 Å². The average molecular weight is 428 g/mol. The number of nitrogens with zero attached hydrogens (tertiary/aromatic N) is 3. The summed E-state index contributed by atoms with van der Waals surface area (Å²) in [6, 6.07) is 9.64. The zero-order valence-electron chi connectivity index (χ0n) is 18.0. The molecule has 2 aromatic rings. The molecule has 3 amide bonds. The van der Waals surface area contributed by atoms with Crippen molar-refractivity contribution in [3.63, 3.8) is 0 Å². The molecule has 0 atom stereocenters. The van der Waals surface area contributed by atoms with Crippen LogP contribution >= 0.6 is 0 Å². The molecule has 0 unspecified atom stereocenters. The first-order valence-electron chi connectivity index (χ1n) is 10.4. The lowest BCUT2D eigenvalue weighted by molar-refractivity contribution is -0.121. The number of nitrogens with one attached hydrogen (secondary N) is 2. The van der Waals surface area contributed by atoms with Gasteiger partial charge < -0.3 is 20.3 Å². The van der Waals surface area contributed by atoms with E-state index in [-0.39, 0.29) is 30.5 Å². The molecule has 0 aliphatic carbocycles. The molecule has 0 bridgehead atoms. The summed E-state index contributed by atoms with van der Waals surface area (Å²) in [6.45, 7) is 4.80. The summed E-state index contributed by atoms with van der Waals surface area (Å²) in [6.07, 6.45) is 0.918. The molecule has 1 aromatic heterocycles. The zero-order chi connectivity index (χ0) is 22.2. The van der Waals surface area contributed by atoms with Crippen molar-refractivity contribution in [3.05, 3.63) is 52.8 Å². The van der Waals surface area contributed by atoms with Crippen molar-refractivity contribution >= 4 is 17.7 Å². The fourth-order valence-electron chi connectivity index (χ4n) is 3.37. The minimum atomic E-state index is -0.400. The highest BCUT2D eigenvalue weighted by Crippen LogP contribution is 2.17. The number of methoxy groups -OCH3 is 1. The Kier molecular flexibility index (Phi) is 7.77. The molecule has 9 nitrogen and oxygen atoms in total. The first kappa shape index (κ1) is 22.5. The summed E-state index contributed by atoms with van der Waals surface area (Å²) in [5, 5.41) is 9.69. The smallest absolute Gasteiger partial charge is 0.272 e. The van der Waals surface area contributed by atoms with E-state index in [2.05, 4.69) is 15.7 Å². The van der Waals surface area contributed by atoms with Crippen molar-refractivity contribution in [2.24, 2.45) is 0 Å². The lowest BCUT2D eigenvalue weighted by Crippen LogP contribution is -2.32. The van der Waals surface area contributed by atoms with Crippen LogP contribution in [0.5, 0.6) is 0 Å². The summed E-state index contributed by atoms with van der Waals surface area (Å²) in [4.78, 5) is 39.0. The average Bonchev–Trinajstić information content (AvgIpc) is 3.12. The first-order valence-corrected chi connectivity index (χ1v) is 10.4. The highest BCUT2D eigenvalue weighted by atomic mass is 16.5. The molecule has 1 aromatic carbocycles. The van der Waals surface area contributed by atoms with Crippen LogP contribution in [0.25, 0.3) is 0 Å². The van der Waals surface area contributed by atoms with Crippen LogP contribution in [0.3, 0.4) is 0 Å². The number of ether oxygens (including phenoxy) is 1. The van der Waals surface area contributed by atoms with Gasteiger partial charge in [-0.2, -0.15) is 5.10 Å². The fourth-order valence-corrected chi connectivity index (χ4v) is 3.37. The second kappa shape index (κ2) is 10.7. The van der Waals surface area contributed by atoms with Crippen molar-refractivity contribution in [2.45, 2.75) is 32.9 Å². The van der Waals surface area contributed by atoms with Gasteiger partial charge >= 0.3 is 0 Å². The third-order valence-electron chi connectivity index (χ3n) is 5.08. The zero-order valence-corrected chi connectivity index (χ0v) is 18.0. The number of hydrogen-bond acceptors (Lipinski definition) is 5. The molecule has 0 spiro atoms. The van der Waals surface area contributed by atoms with Crippen LogP contribution in [-0.4, -0.2) is 65.8 Å². The number of aromatic nitrogens is 2. The molecule has 2 N–H and O–H groups in total. The number of fused-ring (bicyclic) bond motifs is 1. The van der Waals surface area contributed by atoms with E-state index in [1.807, 2.05) is 31.2 Å². The summed E-state index contributed by atoms with van der Waals surface area (Å²) < 4.78 is 6.47. The molecule has 9 heteroatoms. The van der Waals surface area contributed by atoms with E-state index in [1.165, 1.54) is 11.6 Å². The highest BCUT2D eigenvalue weighted by Gasteiger charge is 2.26. The number of hydrogen-bond donors (Lipinski definition) is 2. The van der Waals surface area contributed by atoms with Crippen molar-refractivity contribution in [1.82, 2.24) is 25.3 Å². The van der Waals surface area contributed by atoms with Gasteiger partial charge in [0.05, 0.1) is 6.61 Å². The maximum absolute atomic E-state index is 13.0. The molecular formula is C22H29N5O4. The number of benzene rings is 1. The standard InChI is InChI=1S/C22H29N5O4/c1-16-4-6-17(7-5-16)15-26-11-3-12-27-19(22(26)30)14-18(25-27)21(29)24-9-8-20(28)23-10-13-31-2/h4-7,14H,3,8-13,15H2,1-2H3,(H,23,28)(H,24,29). The summed E-state index contributed by atoms with van der Waals surface area (Å²) in [7, 11) is 1.56. The Hall–Kier alpha value is -3.20. The Balaban J connectivity index is 1.58. The molecule has 0 fully saturated rings. The lowest BCUT2D eigenvalue weighted by atomic mass is 10.1. The molecule has 0 saturated heterocycles. The maximum Gasteiger partial charge on any atom is 0.272 e. The Morgan fingerprint density at radius 1 is 1.13 bits per heavy atom. The van der Waals surface area contributed by atoms with E-state index in [0.29, 0.717) is 38.5 Å². The third kappa shape index (κ3) is 6.14. The molecule has 2 heterocycles. The molecular weight excluding hydrogens is 398 g/mol. The number of rotatable bonds is 9. The molecule has 166 valence electrons. The normalized spacial score (nSPS) is 13.5. The first-order chi connectivity index (χ1) is 15.0. The summed E-state index contributed by atoms with van der Waals surface area (Å²) >= 11 is 0. The topological polar surface area (TPSA) is 106 Å². The van der Waals surface area contributed by atoms with E-state index >= 15 is 0 Å². The van der Waals surface area contributed by atoms with Crippen LogP contribution in [0, 0.1) is 6.92 Å². The molecule has 0 saturated carbocycles. The minimum Gasteiger partial charge on any atom is -0.383 e. The number of carbonyl (C=O) groups excluding carboxylic acids is 3. The predicted octanol–water partition coefficient (Wildman–Crippen LogP) is 1.12. The van der Waals surface area contributed by atoms with Crippen LogP contribution in [0.1, 0.15) is 44.9 Å². The Bertz CT molecular complexity index is 922. The largest absolute Gasteiger partial charge is 0.383 e. The van der Waals surface area contributed by atoms with Crippen molar-refractivity contribution in [3.8, 4) is 0 Å². The van der Waals surface area contributed by atoms with E-state index in [1.54, 1.807) is 16.7 Å². The Morgan fingerprint density at radius 3 is 2.65 bits per heavy atom. The van der Waals surface area contributed by atoms with Gasteiger partial charge in [0.1, 0.15) is 5.69 Å². The highest BCUT2D eigenvalue weighted by molar-refractivity contribution is 5.98. The molecule has 1 aliphatic rings. The second-order valence-electron chi connectivity index (χ2n) is 7.55. The number of aryl methyl sites for hydroxylation is 2. The van der Waals surface area contributed by atoms with Gasteiger partial charge in [0, 0.05) is 52.3 Å². The minimum absolute atomic E-state index is 0.137. The van der Waals surface area contributed by atoms with Crippen molar-refractivity contribution in [1.29, 1.82) is 0 Å². The molecule has 0 radical (unpaired) electrons. The van der Waals surface area contributed by atoms with Crippen molar-refractivity contribution in [2.75, 3.05) is 33.4 Å². The van der Waals surface area contributed by atoms with Gasteiger partial charge in [-0.05, 0) is 18.9 Å². The molecule has 1 aliphatic heterocycles. The van der Waals surface area contributed by atoms with E-state index in [4.69, 9.17) is 4.74 Å². The van der Waals surface area contributed by atoms with Crippen LogP contribution in [0.2, 0.25) is 0 Å². The summed E-state index contributed by atoms with van der Waals surface area (Å²) in [5.41, 5.74) is 2.83. The van der Waals surface area contributed by atoms with Gasteiger partial charge in [0.25, 0.3) is 11.8 Å². The van der Waals surface area contributed by atoms with E-state index in [9.17, 15) is 14.4 Å².